The molecule has 0 unspecified atom stereocenters. The van der Waals surface area contributed by atoms with Crippen molar-refractivity contribution in [1.29, 1.82) is 0 Å². The second-order valence-corrected chi connectivity index (χ2v) is 7.40. The molecular weight excluding hydrogens is 299 g/mol. The van der Waals surface area contributed by atoms with Crippen LogP contribution in [0, 0.1) is 0 Å². The third-order valence-corrected chi connectivity index (χ3v) is 3.78. The van der Waals surface area contributed by atoms with Gasteiger partial charge in [-0.25, -0.2) is 14.3 Å². The van der Waals surface area contributed by atoms with Crippen molar-refractivity contribution in [1.82, 2.24) is 9.55 Å². The summed E-state index contributed by atoms with van der Waals surface area (Å²) in [7, 11) is -3.93. The summed E-state index contributed by atoms with van der Waals surface area (Å²) in [4.78, 5) is 16.5. The minimum atomic E-state index is -2.87. The van der Waals surface area contributed by atoms with Crippen LogP contribution in [0.4, 0.5) is 4.79 Å². The molecule has 1 aliphatic rings. The fourth-order valence-electron chi connectivity index (χ4n) is 1.90. The van der Waals surface area contributed by atoms with Crippen LogP contribution in [0.15, 0.2) is 6.17 Å². The molecule has 1 aromatic heterocycles. The molecule has 0 spiro atoms. The van der Waals surface area contributed by atoms with Gasteiger partial charge in [0.15, 0.2) is 0 Å². The molecular formula is C15H25BN2O5. The SMILES string of the molecule is [2H]c1c(B2OC(C)(C)C(C)(C)O2)nc(OC([2H])([2H])[2H])n1C(=O)OC(C)(C)C. The van der Waals surface area contributed by atoms with Gasteiger partial charge in [-0.3, -0.25) is 0 Å². The average Bonchev–Trinajstić information content (AvgIpc) is 2.79. The Morgan fingerprint density at radius 2 is 1.91 bits per heavy atom. The summed E-state index contributed by atoms with van der Waals surface area (Å²) < 4.78 is 52.6. The fourth-order valence-corrected chi connectivity index (χ4v) is 1.90. The molecule has 0 aliphatic carbocycles. The molecule has 2 heterocycles. The Hall–Kier alpha value is -1.54. The molecule has 1 aliphatic heterocycles. The summed E-state index contributed by atoms with van der Waals surface area (Å²) in [5, 5.41) is 0. The number of imidazole rings is 1. The highest BCUT2D eigenvalue weighted by Crippen LogP contribution is 2.36. The van der Waals surface area contributed by atoms with E-state index in [4.69, 9.17) is 24.3 Å². The van der Waals surface area contributed by atoms with E-state index >= 15 is 0 Å². The number of rotatable bonds is 2. The number of hydrogen-bond donors (Lipinski definition) is 0. The second-order valence-electron chi connectivity index (χ2n) is 7.40. The average molecular weight is 328 g/mol. The van der Waals surface area contributed by atoms with E-state index in [1.165, 1.54) is 0 Å². The fraction of sp³-hybridized carbons (Fsp3) is 0.733. The number of ether oxygens (including phenoxy) is 2. The number of carbonyl (C=O) groups is 1. The van der Waals surface area contributed by atoms with E-state index in [9.17, 15) is 4.79 Å². The number of carbonyl (C=O) groups excluding carboxylic acids is 1. The Morgan fingerprint density at radius 3 is 2.39 bits per heavy atom. The van der Waals surface area contributed by atoms with Crippen LogP contribution in [0.1, 0.15) is 53.9 Å². The first-order chi connectivity index (χ1) is 11.9. The summed E-state index contributed by atoms with van der Waals surface area (Å²) in [6.45, 7) is 12.2. The van der Waals surface area contributed by atoms with Crippen molar-refractivity contribution < 1.29 is 29.1 Å². The van der Waals surface area contributed by atoms with Crippen LogP contribution in [0.5, 0.6) is 6.01 Å². The van der Waals surface area contributed by atoms with Gasteiger partial charge in [0.25, 0.3) is 0 Å². The molecule has 8 heteroatoms. The molecule has 0 atom stereocenters. The summed E-state index contributed by atoms with van der Waals surface area (Å²) >= 11 is 0. The van der Waals surface area contributed by atoms with Gasteiger partial charge in [-0.1, -0.05) is 0 Å². The summed E-state index contributed by atoms with van der Waals surface area (Å²) in [5.74, 6) is 0. The molecule has 23 heavy (non-hydrogen) atoms. The van der Waals surface area contributed by atoms with Crippen LogP contribution in [0.3, 0.4) is 0 Å². The molecule has 0 aromatic carbocycles. The molecule has 128 valence electrons. The maximum Gasteiger partial charge on any atom is 0.516 e. The Morgan fingerprint density at radius 1 is 1.35 bits per heavy atom. The molecule has 2 rings (SSSR count). The molecule has 0 bridgehead atoms. The zero-order valence-electron chi connectivity index (χ0n) is 18.5. The third-order valence-electron chi connectivity index (χ3n) is 3.78. The highest BCUT2D eigenvalue weighted by atomic mass is 16.7. The maximum absolute atomic E-state index is 12.5. The van der Waals surface area contributed by atoms with Crippen molar-refractivity contribution >= 4 is 18.8 Å². The summed E-state index contributed by atoms with van der Waals surface area (Å²) in [6, 6.07) is -0.584. The van der Waals surface area contributed by atoms with Crippen molar-refractivity contribution in [2.24, 2.45) is 0 Å². The predicted molar refractivity (Wildman–Crippen MR) is 86.1 cm³/mol. The van der Waals surface area contributed by atoms with E-state index in [2.05, 4.69) is 4.98 Å². The van der Waals surface area contributed by atoms with Crippen molar-refractivity contribution in [3.05, 3.63) is 6.17 Å². The Bertz CT molecular complexity index is 724. The maximum atomic E-state index is 12.5. The van der Waals surface area contributed by atoms with Gasteiger partial charge in [-0.2, -0.15) is 0 Å². The van der Waals surface area contributed by atoms with Crippen LogP contribution in [0.2, 0.25) is 0 Å². The lowest BCUT2D eigenvalue weighted by Crippen LogP contribution is -2.41. The van der Waals surface area contributed by atoms with E-state index in [1.807, 2.05) is 27.7 Å². The number of nitrogens with zero attached hydrogens (tertiary/aromatic N) is 2. The van der Waals surface area contributed by atoms with Crippen LogP contribution in [-0.2, 0) is 14.0 Å². The normalized spacial score (nSPS) is 22.8. The van der Waals surface area contributed by atoms with Crippen LogP contribution >= 0.6 is 0 Å². The van der Waals surface area contributed by atoms with Gasteiger partial charge in [-0.15, -0.1) is 0 Å². The molecule has 7 nitrogen and oxygen atoms in total. The van der Waals surface area contributed by atoms with Gasteiger partial charge < -0.3 is 18.8 Å². The van der Waals surface area contributed by atoms with Gasteiger partial charge in [-0.05, 0) is 48.5 Å². The van der Waals surface area contributed by atoms with Gasteiger partial charge in [0.2, 0.25) is 0 Å². The molecule has 0 amide bonds. The quantitative estimate of drug-likeness (QED) is 0.773. The van der Waals surface area contributed by atoms with Gasteiger partial charge in [0.1, 0.15) is 5.60 Å². The van der Waals surface area contributed by atoms with E-state index in [-0.39, 0.29) is 5.59 Å². The van der Waals surface area contributed by atoms with Gasteiger partial charge in [0, 0.05) is 6.17 Å². The zero-order valence-corrected chi connectivity index (χ0v) is 14.5. The lowest BCUT2D eigenvalue weighted by atomic mass is 9.86. The molecule has 1 fully saturated rings. The first kappa shape index (κ1) is 12.8. The third kappa shape index (κ3) is 3.53. The van der Waals surface area contributed by atoms with Gasteiger partial charge >= 0.3 is 19.2 Å². The first-order valence-corrected chi connectivity index (χ1v) is 7.31. The van der Waals surface area contributed by atoms with E-state index in [1.54, 1.807) is 20.8 Å². The van der Waals surface area contributed by atoms with E-state index in [0.29, 0.717) is 4.57 Å². The number of aromatic nitrogens is 2. The van der Waals surface area contributed by atoms with E-state index in [0.717, 1.165) is 0 Å². The number of hydrogen-bond acceptors (Lipinski definition) is 6. The minimum Gasteiger partial charge on any atom is -0.468 e. The summed E-state index contributed by atoms with van der Waals surface area (Å²) in [6.07, 6.45) is -1.41. The molecule has 1 aromatic rings. The standard InChI is InChI=1S/C15H25BN2O5/c1-13(2,3)21-12(19)18-9-10(17-11(18)20-8)16-22-14(4,5)15(6,7)23-16/h9H,1-8H3/i8D3,9D. The minimum absolute atomic E-state index is 0.0706. The lowest BCUT2D eigenvalue weighted by Gasteiger charge is -2.32. The monoisotopic (exact) mass is 328 g/mol. The predicted octanol–water partition coefficient (Wildman–Crippen LogP) is 1.97. The molecule has 0 saturated carbocycles. The smallest absolute Gasteiger partial charge is 0.468 e. The summed E-state index contributed by atoms with van der Waals surface area (Å²) in [5.41, 5.74) is -2.34. The highest BCUT2D eigenvalue weighted by Gasteiger charge is 2.53. The van der Waals surface area contributed by atoms with Crippen LogP contribution in [0.25, 0.3) is 0 Å². The van der Waals surface area contributed by atoms with E-state index < -0.39 is 49.2 Å². The van der Waals surface area contributed by atoms with Crippen molar-refractivity contribution in [2.45, 2.75) is 65.3 Å². The second kappa shape index (κ2) is 5.52. The van der Waals surface area contributed by atoms with Gasteiger partial charge in [0.05, 0.1) is 29.3 Å². The van der Waals surface area contributed by atoms with Crippen LogP contribution < -0.4 is 10.3 Å². The van der Waals surface area contributed by atoms with Crippen molar-refractivity contribution in [3.63, 3.8) is 0 Å². The topological polar surface area (TPSA) is 71.8 Å². The first-order valence-electron chi connectivity index (χ1n) is 9.31. The van der Waals surface area contributed by atoms with Crippen molar-refractivity contribution in [3.8, 4) is 6.01 Å². The Kier molecular flexibility index (Phi) is 3.08. The largest absolute Gasteiger partial charge is 0.516 e. The van der Waals surface area contributed by atoms with Crippen molar-refractivity contribution in [2.75, 3.05) is 7.04 Å². The Balaban J connectivity index is 2.49. The molecule has 0 radical (unpaired) electrons. The van der Waals surface area contributed by atoms with Crippen LogP contribution in [-0.4, -0.2) is 46.6 Å². The highest BCUT2D eigenvalue weighted by molar-refractivity contribution is 6.61. The molecule has 0 N–H and O–H groups in total. The lowest BCUT2D eigenvalue weighted by molar-refractivity contribution is 0.00578. The zero-order chi connectivity index (χ0) is 21.0. The Labute approximate surface area is 143 Å². The molecule has 1 saturated heterocycles. The number of methoxy groups -OCH3 is 1.